The fourth-order valence-corrected chi connectivity index (χ4v) is 7.03. The van der Waals surface area contributed by atoms with Crippen LogP contribution in [0.25, 0.3) is 66.1 Å². The fourth-order valence-electron chi connectivity index (χ4n) is 7.03. The van der Waals surface area contributed by atoms with Crippen LogP contribution >= 0.6 is 0 Å². The molecule has 2 nitrogen and oxygen atoms in total. The second-order valence-corrected chi connectivity index (χ2v) is 12.7. The Morgan fingerprint density at radius 1 is 0.367 bits per heavy atom. The van der Waals surface area contributed by atoms with Crippen molar-refractivity contribution in [3.8, 4) is 33.6 Å². The molecule has 1 aromatic heterocycles. The van der Waals surface area contributed by atoms with Crippen LogP contribution in [0.5, 0.6) is 0 Å². The number of benzene rings is 8. The average Bonchev–Trinajstić information content (AvgIpc) is 3.51. The molecule has 0 saturated carbocycles. The molecule has 0 atom stereocenters. The van der Waals surface area contributed by atoms with E-state index < -0.39 is 0 Å². The van der Waals surface area contributed by atoms with E-state index in [-0.39, 0.29) is 0 Å². The molecule has 0 bridgehead atoms. The quantitative estimate of drug-likeness (QED) is 0.182. The largest absolute Gasteiger partial charge is 0.456 e. The van der Waals surface area contributed by atoms with Crippen molar-refractivity contribution in [3.63, 3.8) is 0 Å². The normalized spacial score (nSPS) is 11.4. The van der Waals surface area contributed by atoms with E-state index in [1.54, 1.807) is 0 Å². The molecular formula is C47H33NO. The Bertz CT molecular complexity index is 2530. The van der Waals surface area contributed by atoms with Crippen LogP contribution < -0.4 is 4.90 Å². The molecule has 0 spiro atoms. The molecule has 0 unspecified atom stereocenters. The number of nitrogens with zero attached hydrogens (tertiary/aromatic N) is 1. The molecule has 0 aliphatic heterocycles. The van der Waals surface area contributed by atoms with Crippen molar-refractivity contribution >= 4 is 49.6 Å². The fraction of sp³-hybridized carbons (Fsp3) is 0.0213. The first kappa shape index (κ1) is 28.8. The van der Waals surface area contributed by atoms with Crippen LogP contribution in [-0.4, -0.2) is 0 Å². The van der Waals surface area contributed by atoms with Gasteiger partial charge in [0.05, 0.1) is 0 Å². The van der Waals surface area contributed by atoms with E-state index in [1.807, 2.05) is 12.1 Å². The number of fused-ring (bicyclic) bond motifs is 3. The third-order valence-electron chi connectivity index (χ3n) is 9.63. The Hall–Kier alpha value is -6.38. The van der Waals surface area contributed by atoms with E-state index >= 15 is 0 Å². The Morgan fingerprint density at radius 2 is 0.857 bits per heavy atom. The highest BCUT2D eigenvalue weighted by Crippen LogP contribution is 2.39. The monoisotopic (exact) mass is 627 g/mol. The Kier molecular flexibility index (Phi) is 7.06. The van der Waals surface area contributed by atoms with Crippen LogP contribution in [0, 0.1) is 6.92 Å². The molecule has 2 heteroatoms. The van der Waals surface area contributed by atoms with Gasteiger partial charge in [0.1, 0.15) is 11.3 Å². The number of aryl methyl sites for hydroxylation is 1. The second kappa shape index (κ2) is 12.0. The summed E-state index contributed by atoms with van der Waals surface area (Å²) in [6.07, 6.45) is 0. The molecule has 1 heterocycles. The van der Waals surface area contributed by atoms with Gasteiger partial charge in [-0.15, -0.1) is 0 Å². The minimum atomic E-state index is 0.924. The second-order valence-electron chi connectivity index (χ2n) is 12.7. The highest BCUT2D eigenvalue weighted by Gasteiger charge is 2.15. The van der Waals surface area contributed by atoms with Crippen LogP contribution in [0.1, 0.15) is 5.56 Å². The van der Waals surface area contributed by atoms with Crippen molar-refractivity contribution in [2.75, 3.05) is 4.90 Å². The first-order valence-corrected chi connectivity index (χ1v) is 16.8. The molecule has 0 amide bonds. The first-order valence-electron chi connectivity index (χ1n) is 16.8. The lowest BCUT2D eigenvalue weighted by atomic mass is 9.97. The van der Waals surface area contributed by atoms with E-state index in [4.69, 9.17) is 4.42 Å². The summed E-state index contributed by atoms with van der Waals surface area (Å²) in [6, 6.07) is 65.1. The molecule has 8 aromatic carbocycles. The van der Waals surface area contributed by atoms with Crippen molar-refractivity contribution in [1.29, 1.82) is 0 Å². The average molecular weight is 628 g/mol. The van der Waals surface area contributed by atoms with Gasteiger partial charge in [-0.1, -0.05) is 133 Å². The van der Waals surface area contributed by atoms with E-state index in [0.717, 1.165) is 39.4 Å². The first-order chi connectivity index (χ1) is 24.2. The maximum Gasteiger partial charge on any atom is 0.138 e. The standard InChI is InChI=1S/C47H33NO/c1-32-45-15-6-7-16-46(45)49-47(32)41-14-8-13-38(29-41)37-19-17-35(18-20-37)36-21-25-42(26-22-36)48(43-27-23-33-9-2-4-11-39(33)30-43)44-28-24-34-10-3-5-12-40(34)31-44/h2-31H,1H3. The lowest BCUT2D eigenvalue weighted by Gasteiger charge is -2.26. The van der Waals surface area contributed by atoms with Crippen molar-refractivity contribution < 1.29 is 4.42 Å². The maximum absolute atomic E-state index is 6.27. The van der Waals surface area contributed by atoms with Gasteiger partial charge in [0.25, 0.3) is 0 Å². The minimum absolute atomic E-state index is 0.924. The minimum Gasteiger partial charge on any atom is -0.456 e. The summed E-state index contributed by atoms with van der Waals surface area (Å²) in [5.74, 6) is 0.932. The highest BCUT2D eigenvalue weighted by atomic mass is 16.3. The summed E-state index contributed by atoms with van der Waals surface area (Å²) < 4.78 is 6.27. The molecule has 49 heavy (non-hydrogen) atoms. The lowest BCUT2D eigenvalue weighted by Crippen LogP contribution is -2.09. The maximum atomic E-state index is 6.27. The number of furan rings is 1. The van der Waals surface area contributed by atoms with E-state index in [9.17, 15) is 0 Å². The molecule has 232 valence electrons. The van der Waals surface area contributed by atoms with Crippen LogP contribution in [0.15, 0.2) is 186 Å². The van der Waals surface area contributed by atoms with Gasteiger partial charge < -0.3 is 9.32 Å². The van der Waals surface area contributed by atoms with Crippen molar-refractivity contribution in [2.24, 2.45) is 0 Å². The van der Waals surface area contributed by atoms with Gasteiger partial charge in [-0.3, -0.25) is 0 Å². The highest BCUT2D eigenvalue weighted by molar-refractivity contribution is 5.93. The van der Waals surface area contributed by atoms with Gasteiger partial charge in [0.15, 0.2) is 0 Å². The topological polar surface area (TPSA) is 16.4 Å². The predicted molar refractivity (Wildman–Crippen MR) is 207 cm³/mol. The smallest absolute Gasteiger partial charge is 0.138 e. The van der Waals surface area contributed by atoms with E-state index in [2.05, 4.69) is 182 Å². The summed E-state index contributed by atoms with van der Waals surface area (Å²) in [5.41, 5.74) is 11.3. The van der Waals surface area contributed by atoms with Gasteiger partial charge in [0, 0.05) is 33.6 Å². The Balaban J connectivity index is 1.03. The predicted octanol–water partition coefficient (Wildman–Crippen LogP) is 13.5. The third-order valence-corrected chi connectivity index (χ3v) is 9.63. The molecule has 0 radical (unpaired) electrons. The van der Waals surface area contributed by atoms with E-state index in [1.165, 1.54) is 49.4 Å². The Labute approximate surface area is 286 Å². The molecule has 0 aliphatic rings. The third kappa shape index (κ3) is 5.34. The summed E-state index contributed by atoms with van der Waals surface area (Å²) in [6.45, 7) is 2.14. The summed E-state index contributed by atoms with van der Waals surface area (Å²) in [5, 5.41) is 6.08. The van der Waals surface area contributed by atoms with Crippen LogP contribution in [-0.2, 0) is 0 Å². The number of para-hydroxylation sites is 1. The Morgan fingerprint density at radius 3 is 1.47 bits per heavy atom. The lowest BCUT2D eigenvalue weighted by molar-refractivity contribution is 0.629. The number of rotatable bonds is 6. The summed E-state index contributed by atoms with van der Waals surface area (Å²) in [7, 11) is 0. The van der Waals surface area contributed by atoms with E-state index in [0.29, 0.717) is 0 Å². The van der Waals surface area contributed by atoms with Gasteiger partial charge in [-0.05, 0) is 99.3 Å². The van der Waals surface area contributed by atoms with Crippen molar-refractivity contribution in [1.82, 2.24) is 0 Å². The number of hydrogen-bond acceptors (Lipinski definition) is 2. The van der Waals surface area contributed by atoms with Crippen LogP contribution in [0.3, 0.4) is 0 Å². The van der Waals surface area contributed by atoms with Gasteiger partial charge in [0.2, 0.25) is 0 Å². The molecule has 0 N–H and O–H groups in total. The zero-order valence-electron chi connectivity index (χ0n) is 27.2. The molecule has 0 fully saturated rings. The van der Waals surface area contributed by atoms with Gasteiger partial charge in [-0.25, -0.2) is 0 Å². The molecule has 0 aliphatic carbocycles. The number of anilines is 3. The molecule has 0 saturated heterocycles. The van der Waals surface area contributed by atoms with Crippen molar-refractivity contribution in [3.05, 3.63) is 188 Å². The SMILES string of the molecule is Cc1c(-c2cccc(-c3ccc(-c4ccc(N(c5ccc6ccccc6c5)c5ccc6ccccc6c5)cc4)cc3)c2)oc2ccccc12. The summed E-state index contributed by atoms with van der Waals surface area (Å²) >= 11 is 0. The van der Waals surface area contributed by atoms with Crippen LogP contribution in [0.4, 0.5) is 17.1 Å². The molecular weight excluding hydrogens is 595 g/mol. The zero-order chi connectivity index (χ0) is 32.7. The molecule has 9 rings (SSSR count). The number of hydrogen-bond donors (Lipinski definition) is 0. The van der Waals surface area contributed by atoms with Gasteiger partial charge in [-0.2, -0.15) is 0 Å². The summed E-state index contributed by atoms with van der Waals surface area (Å²) in [4.78, 5) is 2.35. The van der Waals surface area contributed by atoms with Crippen LogP contribution in [0.2, 0.25) is 0 Å². The molecule has 9 aromatic rings. The van der Waals surface area contributed by atoms with Crippen molar-refractivity contribution in [2.45, 2.75) is 6.92 Å². The van der Waals surface area contributed by atoms with Gasteiger partial charge >= 0.3 is 0 Å². The zero-order valence-corrected chi connectivity index (χ0v) is 27.2.